The molecular formula is C17H24O5. The molecule has 0 aliphatic rings. The zero-order valence-electron chi connectivity index (χ0n) is 13.5. The average Bonchev–Trinajstić information content (AvgIpc) is 2.56. The summed E-state index contributed by atoms with van der Waals surface area (Å²) in [6.07, 6.45) is 5.66. The van der Waals surface area contributed by atoms with E-state index in [-0.39, 0.29) is 11.1 Å². The van der Waals surface area contributed by atoms with Gasteiger partial charge in [0.1, 0.15) is 5.75 Å². The molecular weight excluding hydrogens is 284 g/mol. The lowest BCUT2D eigenvalue weighted by molar-refractivity contribution is 0.0598. The molecule has 1 aromatic rings. The van der Waals surface area contributed by atoms with E-state index >= 15 is 0 Å². The molecule has 0 fully saturated rings. The second kappa shape index (κ2) is 9.82. The Morgan fingerprint density at radius 3 is 1.91 bits per heavy atom. The Balaban J connectivity index is 2.71. The van der Waals surface area contributed by atoms with Gasteiger partial charge in [-0.05, 0) is 24.6 Å². The Morgan fingerprint density at radius 2 is 1.41 bits per heavy atom. The lowest BCUT2D eigenvalue weighted by atomic mass is 10.1. The van der Waals surface area contributed by atoms with Crippen molar-refractivity contribution in [2.45, 2.75) is 39.0 Å². The van der Waals surface area contributed by atoms with Crippen molar-refractivity contribution in [3.63, 3.8) is 0 Å². The monoisotopic (exact) mass is 308 g/mol. The maximum absolute atomic E-state index is 11.6. The topological polar surface area (TPSA) is 61.8 Å². The van der Waals surface area contributed by atoms with Crippen LogP contribution in [-0.4, -0.2) is 32.8 Å². The largest absolute Gasteiger partial charge is 0.494 e. The number of benzene rings is 1. The van der Waals surface area contributed by atoms with Gasteiger partial charge in [-0.15, -0.1) is 0 Å². The number of carbonyl (C=O) groups is 2. The van der Waals surface area contributed by atoms with Gasteiger partial charge in [-0.1, -0.05) is 32.6 Å². The summed E-state index contributed by atoms with van der Waals surface area (Å²) in [6.45, 7) is 2.72. The molecule has 0 bridgehead atoms. The van der Waals surface area contributed by atoms with Crippen molar-refractivity contribution in [1.82, 2.24) is 0 Å². The standard InChI is InChI=1S/C17H24O5/c1-4-5-6-7-8-9-22-15-11-13(16(18)20-2)10-14(12-15)17(19)21-3/h10-12H,4-9H2,1-3H3. The Morgan fingerprint density at radius 1 is 0.864 bits per heavy atom. The van der Waals surface area contributed by atoms with Crippen molar-refractivity contribution in [1.29, 1.82) is 0 Å². The minimum atomic E-state index is -0.515. The maximum Gasteiger partial charge on any atom is 0.338 e. The summed E-state index contributed by atoms with van der Waals surface area (Å²) in [6, 6.07) is 4.58. The van der Waals surface area contributed by atoms with Crippen LogP contribution in [0.2, 0.25) is 0 Å². The lowest BCUT2D eigenvalue weighted by Gasteiger charge is -2.10. The van der Waals surface area contributed by atoms with E-state index in [1.807, 2.05) is 0 Å². The summed E-state index contributed by atoms with van der Waals surface area (Å²) in [5, 5.41) is 0. The number of ether oxygens (including phenoxy) is 3. The normalized spacial score (nSPS) is 10.1. The molecule has 0 spiro atoms. The summed E-state index contributed by atoms with van der Waals surface area (Å²) < 4.78 is 15.0. The first kappa shape index (κ1) is 18.0. The van der Waals surface area contributed by atoms with Crippen molar-refractivity contribution < 1.29 is 23.8 Å². The number of hydrogen-bond donors (Lipinski definition) is 0. The van der Waals surface area contributed by atoms with E-state index in [0.717, 1.165) is 12.8 Å². The Labute approximate surface area is 131 Å². The average molecular weight is 308 g/mol. The first-order valence-corrected chi connectivity index (χ1v) is 7.56. The van der Waals surface area contributed by atoms with Crippen LogP contribution in [0.1, 0.15) is 59.7 Å². The Hall–Kier alpha value is -2.04. The highest BCUT2D eigenvalue weighted by molar-refractivity contribution is 5.96. The van der Waals surface area contributed by atoms with Crippen molar-refractivity contribution >= 4 is 11.9 Å². The first-order valence-electron chi connectivity index (χ1n) is 7.56. The molecule has 0 heterocycles. The van der Waals surface area contributed by atoms with Crippen LogP contribution in [0.5, 0.6) is 5.75 Å². The molecule has 5 heteroatoms. The van der Waals surface area contributed by atoms with Gasteiger partial charge in [-0.3, -0.25) is 0 Å². The van der Waals surface area contributed by atoms with E-state index in [2.05, 4.69) is 16.4 Å². The van der Waals surface area contributed by atoms with Crippen LogP contribution in [0.3, 0.4) is 0 Å². The van der Waals surface area contributed by atoms with E-state index in [4.69, 9.17) is 4.74 Å². The van der Waals surface area contributed by atoms with Crippen LogP contribution in [0.15, 0.2) is 18.2 Å². The van der Waals surface area contributed by atoms with Crippen molar-refractivity contribution in [3.05, 3.63) is 29.3 Å². The summed E-state index contributed by atoms with van der Waals surface area (Å²) in [4.78, 5) is 23.3. The van der Waals surface area contributed by atoms with Gasteiger partial charge in [0.25, 0.3) is 0 Å². The maximum atomic E-state index is 11.6. The van der Waals surface area contributed by atoms with Crippen LogP contribution in [-0.2, 0) is 9.47 Å². The van der Waals surface area contributed by atoms with Crippen molar-refractivity contribution in [2.75, 3.05) is 20.8 Å². The number of esters is 2. The molecule has 1 rings (SSSR count). The van der Waals surface area contributed by atoms with E-state index in [1.54, 1.807) is 12.1 Å². The third-order valence-corrected chi connectivity index (χ3v) is 3.27. The molecule has 0 saturated heterocycles. The fourth-order valence-corrected chi connectivity index (χ4v) is 2.05. The SMILES string of the molecule is CCCCCCCOc1cc(C(=O)OC)cc(C(=O)OC)c1. The molecule has 0 aromatic heterocycles. The number of hydrogen-bond acceptors (Lipinski definition) is 5. The third-order valence-electron chi connectivity index (χ3n) is 3.27. The van der Waals surface area contributed by atoms with Crippen LogP contribution >= 0.6 is 0 Å². The van der Waals surface area contributed by atoms with Crippen LogP contribution in [0.25, 0.3) is 0 Å². The smallest absolute Gasteiger partial charge is 0.338 e. The van der Waals surface area contributed by atoms with Crippen LogP contribution in [0.4, 0.5) is 0 Å². The molecule has 1 aromatic carbocycles. The van der Waals surface area contributed by atoms with Gasteiger partial charge in [-0.2, -0.15) is 0 Å². The zero-order chi connectivity index (χ0) is 16.4. The number of unbranched alkanes of at least 4 members (excludes halogenated alkanes) is 4. The highest BCUT2D eigenvalue weighted by Gasteiger charge is 2.14. The molecule has 0 amide bonds. The summed E-state index contributed by atoms with van der Waals surface area (Å²) in [5.74, 6) is -0.559. The van der Waals surface area contributed by atoms with Crippen molar-refractivity contribution in [3.8, 4) is 5.75 Å². The molecule has 0 atom stereocenters. The second-order valence-electron chi connectivity index (χ2n) is 4.99. The zero-order valence-corrected chi connectivity index (χ0v) is 13.5. The van der Waals surface area contributed by atoms with E-state index in [1.165, 1.54) is 39.5 Å². The highest BCUT2D eigenvalue weighted by Crippen LogP contribution is 2.19. The quantitative estimate of drug-likeness (QED) is 0.515. The fraction of sp³-hybridized carbons (Fsp3) is 0.529. The lowest BCUT2D eigenvalue weighted by Crippen LogP contribution is -2.08. The molecule has 0 saturated carbocycles. The first-order chi connectivity index (χ1) is 10.6. The molecule has 0 N–H and O–H groups in total. The minimum absolute atomic E-state index is 0.270. The van der Waals surface area contributed by atoms with Gasteiger partial charge in [-0.25, -0.2) is 9.59 Å². The fourth-order valence-electron chi connectivity index (χ4n) is 2.05. The summed E-state index contributed by atoms with van der Waals surface area (Å²) in [7, 11) is 2.59. The van der Waals surface area contributed by atoms with Gasteiger partial charge in [0.2, 0.25) is 0 Å². The summed E-state index contributed by atoms with van der Waals surface area (Å²) >= 11 is 0. The minimum Gasteiger partial charge on any atom is -0.494 e. The number of methoxy groups -OCH3 is 2. The van der Waals surface area contributed by atoms with Gasteiger partial charge in [0.15, 0.2) is 0 Å². The van der Waals surface area contributed by atoms with Crippen LogP contribution < -0.4 is 4.74 Å². The van der Waals surface area contributed by atoms with E-state index in [9.17, 15) is 9.59 Å². The molecule has 0 aliphatic heterocycles. The van der Waals surface area contributed by atoms with Crippen LogP contribution in [0, 0.1) is 0 Å². The van der Waals surface area contributed by atoms with E-state index in [0.29, 0.717) is 12.4 Å². The second-order valence-corrected chi connectivity index (χ2v) is 4.99. The van der Waals surface area contributed by atoms with Gasteiger partial charge >= 0.3 is 11.9 Å². The highest BCUT2D eigenvalue weighted by atomic mass is 16.5. The van der Waals surface area contributed by atoms with Gasteiger partial charge in [0, 0.05) is 0 Å². The van der Waals surface area contributed by atoms with Gasteiger partial charge < -0.3 is 14.2 Å². The predicted molar refractivity (Wildman–Crippen MR) is 83.4 cm³/mol. The van der Waals surface area contributed by atoms with Crippen molar-refractivity contribution in [2.24, 2.45) is 0 Å². The number of carbonyl (C=O) groups excluding carboxylic acids is 2. The third kappa shape index (κ3) is 5.76. The molecule has 0 aliphatic carbocycles. The summed E-state index contributed by atoms with van der Waals surface area (Å²) in [5.41, 5.74) is 0.540. The predicted octanol–water partition coefficient (Wildman–Crippen LogP) is 3.61. The molecule has 0 unspecified atom stereocenters. The molecule has 5 nitrogen and oxygen atoms in total. The molecule has 0 radical (unpaired) electrons. The Bertz CT molecular complexity index is 462. The molecule has 122 valence electrons. The number of rotatable bonds is 9. The van der Waals surface area contributed by atoms with Gasteiger partial charge in [0.05, 0.1) is 32.0 Å². The van der Waals surface area contributed by atoms with E-state index < -0.39 is 11.9 Å². The Kier molecular flexibility index (Phi) is 8.04. The molecule has 22 heavy (non-hydrogen) atoms.